The summed E-state index contributed by atoms with van der Waals surface area (Å²) in [5.74, 6) is 1.72. The van der Waals surface area contributed by atoms with E-state index in [-0.39, 0.29) is 24.3 Å². The molecule has 1 heterocycles. The number of rotatable bonds is 8. The molecule has 0 saturated heterocycles. The average molecular weight is 435 g/mol. The Labute approximate surface area is 188 Å². The van der Waals surface area contributed by atoms with Gasteiger partial charge in [-0.2, -0.15) is 0 Å². The Kier molecular flexibility index (Phi) is 6.73. The fourth-order valence-electron chi connectivity index (χ4n) is 4.24. The lowest BCUT2D eigenvalue weighted by molar-refractivity contribution is -0.124. The van der Waals surface area contributed by atoms with Crippen LogP contribution in [0.25, 0.3) is 11.0 Å². The third-order valence-electron chi connectivity index (χ3n) is 6.08. The molecule has 168 valence electrons. The van der Waals surface area contributed by atoms with E-state index in [9.17, 15) is 9.59 Å². The number of nitrogens with one attached hydrogen (secondary N) is 2. The summed E-state index contributed by atoms with van der Waals surface area (Å²) in [6.45, 7) is 2.46. The number of amides is 2. The van der Waals surface area contributed by atoms with E-state index in [0.29, 0.717) is 24.4 Å². The number of hydrogen-bond acceptors (Lipinski definition) is 4. The molecule has 1 fully saturated rings. The maximum Gasteiger partial charge on any atom is 0.262 e. The highest BCUT2D eigenvalue weighted by Crippen LogP contribution is 2.25. The summed E-state index contributed by atoms with van der Waals surface area (Å²) in [6.07, 6.45) is 4.97. The van der Waals surface area contributed by atoms with Gasteiger partial charge >= 0.3 is 0 Å². The van der Waals surface area contributed by atoms with Crippen LogP contribution in [0.3, 0.4) is 0 Å². The van der Waals surface area contributed by atoms with E-state index in [1.807, 2.05) is 61.0 Å². The summed E-state index contributed by atoms with van der Waals surface area (Å²) in [5, 5.41) is 5.92. The zero-order valence-corrected chi connectivity index (χ0v) is 18.7. The first-order valence-corrected chi connectivity index (χ1v) is 11.2. The normalized spacial score (nSPS) is 13.9. The molecule has 2 amide bonds. The Hall–Kier alpha value is -3.35. The van der Waals surface area contributed by atoms with Crippen molar-refractivity contribution >= 4 is 28.5 Å². The lowest BCUT2D eigenvalue weighted by atomic mass is 10.1. The number of imidazole rings is 1. The average Bonchev–Trinajstić information content (AvgIpc) is 3.42. The van der Waals surface area contributed by atoms with E-state index in [1.165, 1.54) is 0 Å². The first-order chi connectivity index (χ1) is 15.5. The van der Waals surface area contributed by atoms with Crippen LogP contribution in [0.4, 0.5) is 5.69 Å². The van der Waals surface area contributed by atoms with Crippen molar-refractivity contribution in [1.82, 2.24) is 14.9 Å². The molecule has 0 aliphatic heterocycles. The molecule has 32 heavy (non-hydrogen) atoms. The van der Waals surface area contributed by atoms with Gasteiger partial charge in [0.25, 0.3) is 5.91 Å². The number of carbonyl (C=O) groups excluding carboxylic acids is 2. The van der Waals surface area contributed by atoms with Gasteiger partial charge in [0.2, 0.25) is 5.91 Å². The number of aromatic nitrogens is 2. The fraction of sp³-hybridized carbons (Fsp3) is 0.400. The van der Waals surface area contributed by atoms with Crippen molar-refractivity contribution in [3.63, 3.8) is 0 Å². The van der Waals surface area contributed by atoms with E-state index in [4.69, 9.17) is 9.72 Å². The van der Waals surface area contributed by atoms with Crippen LogP contribution in [0.5, 0.6) is 5.75 Å². The van der Waals surface area contributed by atoms with Crippen molar-refractivity contribution in [3.05, 3.63) is 53.9 Å². The Morgan fingerprint density at radius 2 is 1.94 bits per heavy atom. The molecule has 1 aliphatic rings. The van der Waals surface area contributed by atoms with Crippen LogP contribution in [0.2, 0.25) is 0 Å². The zero-order chi connectivity index (χ0) is 22.5. The molecule has 2 N–H and O–H groups in total. The first-order valence-electron chi connectivity index (χ1n) is 11.2. The number of hydrogen-bond donors (Lipinski definition) is 2. The Balaban J connectivity index is 1.33. The fourth-order valence-corrected chi connectivity index (χ4v) is 4.24. The second-order valence-electron chi connectivity index (χ2n) is 8.42. The highest BCUT2D eigenvalue weighted by atomic mass is 16.5. The monoisotopic (exact) mass is 434 g/mol. The Bertz CT molecular complexity index is 1120. The maximum atomic E-state index is 12.3. The highest BCUT2D eigenvalue weighted by molar-refractivity contribution is 5.94. The SMILES string of the molecule is Cc1ccccc1OCC(=O)Nc1ccc2c(c1)nc(CCNC(=O)C1CCCC1)n2C. The van der Waals surface area contributed by atoms with E-state index >= 15 is 0 Å². The predicted molar refractivity (Wildman–Crippen MR) is 125 cm³/mol. The van der Waals surface area contributed by atoms with Crippen LogP contribution in [0.1, 0.15) is 37.1 Å². The number of benzene rings is 2. The molecule has 7 nitrogen and oxygen atoms in total. The van der Waals surface area contributed by atoms with E-state index in [0.717, 1.165) is 48.1 Å². The van der Waals surface area contributed by atoms with Crippen LogP contribution in [0.15, 0.2) is 42.5 Å². The third-order valence-corrected chi connectivity index (χ3v) is 6.08. The summed E-state index contributed by atoms with van der Waals surface area (Å²) in [6, 6.07) is 13.3. The molecule has 1 aromatic heterocycles. The van der Waals surface area contributed by atoms with Crippen molar-refractivity contribution in [2.75, 3.05) is 18.5 Å². The number of aryl methyl sites for hydroxylation is 2. The second-order valence-corrected chi connectivity index (χ2v) is 8.42. The lowest BCUT2D eigenvalue weighted by Crippen LogP contribution is -2.31. The maximum absolute atomic E-state index is 12.3. The summed E-state index contributed by atoms with van der Waals surface area (Å²) in [7, 11) is 1.97. The topological polar surface area (TPSA) is 85.2 Å². The van der Waals surface area contributed by atoms with Gasteiger partial charge in [0.05, 0.1) is 11.0 Å². The van der Waals surface area contributed by atoms with Gasteiger partial charge in [-0.15, -0.1) is 0 Å². The summed E-state index contributed by atoms with van der Waals surface area (Å²) in [4.78, 5) is 29.2. The minimum atomic E-state index is -0.224. The number of para-hydroxylation sites is 1. The molecular weight excluding hydrogens is 404 g/mol. The van der Waals surface area contributed by atoms with Gasteiger partial charge < -0.3 is 19.9 Å². The van der Waals surface area contributed by atoms with Crippen LogP contribution < -0.4 is 15.4 Å². The minimum Gasteiger partial charge on any atom is -0.483 e. The molecule has 1 aliphatic carbocycles. The van der Waals surface area contributed by atoms with Gasteiger partial charge in [0.15, 0.2) is 6.61 Å². The van der Waals surface area contributed by atoms with Crippen molar-refractivity contribution in [3.8, 4) is 5.75 Å². The molecule has 0 unspecified atom stereocenters. The molecule has 0 atom stereocenters. The number of anilines is 1. The zero-order valence-electron chi connectivity index (χ0n) is 18.7. The lowest BCUT2D eigenvalue weighted by Gasteiger charge is -2.10. The Morgan fingerprint density at radius 3 is 2.72 bits per heavy atom. The summed E-state index contributed by atoms with van der Waals surface area (Å²) >= 11 is 0. The van der Waals surface area contributed by atoms with Crippen molar-refractivity contribution in [2.24, 2.45) is 13.0 Å². The summed E-state index contributed by atoms with van der Waals surface area (Å²) in [5.41, 5.74) is 3.45. The smallest absolute Gasteiger partial charge is 0.262 e. The van der Waals surface area contributed by atoms with Gasteiger partial charge in [-0.3, -0.25) is 9.59 Å². The van der Waals surface area contributed by atoms with Crippen LogP contribution in [-0.4, -0.2) is 34.5 Å². The molecule has 3 aromatic rings. The number of carbonyl (C=O) groups is 2. The van der Waals surface area contributed by atoms with Crippen LogP contribution in [0, 0.1) is 12.8 Å². The van der Waals surface area contributed by atoms with Crippen LogP contribution >= 0.6 is 0 Å². The van der Waals surface area contributed by atoms with Gasteiger partial charge in [0.1, 0.15) is 11.6 Å². The predicted octanol–water partition coefficient (Wildman–Crippen LogP) is 3.75. The van der Waals surface area contributed by atoms with Crippen molar-refractivity contribution in [1.29, 1.82) is 0 Å². The molecule has 1 saturated carbocycles. The van der Waals surface area contributed by atoms with Crippen molar-refractivity contribution < 1.29 is 14.3 Å². The van der Waals surface area contributed by atoms with E-state index in [2.05, 4.69) is 10.6 Å². The molecular formula is C25H30N4O3. The standard InChI is InChI=1S/C25H30N4O3/c1-17-7-3-6-10-22(17)32-16-24(30)27-19-11-12-21-20(15-19)28-23(29(21)2)13-14-26-25(31)18-8-4-5-9-18/h3,6-7,10-12,15,18H,4-5,8-9,13-14,16H2,1-2H3,(H,26,31)(H,27,30). The first kappa shape index (κ1) is 21.9. The molecule has 0 radical (unpaired) electrons. The van der Waals surface area contributed by atoms with Gasteiger partial charge in [0, 0.05) is 31.6 Å². The number of nitrogens with zero attached hydrogens (tertiary/aromatic N) is 2. The Morgan fingerprint density at radius 1 is 1.16 bits per heavy atom. The number of ether oxygens (including phenoxy) is 1. The van der Waals surface area contributed by atoms with E-state index in [1.54, 1.807) is 0 Å². The number of fused-ring (bicyclic) bond motifs is 1. The third kappa shape index (κ3) is 5.10. The van der Waals surface area contributed by atoms with Crippen LogP contribution in [-0.2, 0) is 23.1 Å². The molecule has 0 bridgehead atoms. The quantitative estimate of drug-likeness (QED) is 0.566. The van der Waals surface area contributed by atoms with Crippen molar-refractivity contribution in [2.45, 2.75) is 39.0 Å². The molecule has 0 spiro atoms. The minimum absolute atomic E-state index is 0.0585. The highest BCUT2D eigenvalue weighted by Gasteiger charge is 2.22. The van der Waals surface area contributed by atoms with Gasteiger partial charge in [-0.05, 0) is 49.6 Å². The molecule has 2 aromatic carbocycles. The van der Waals surface area contributed by atoms with Gasteiger partial charge in [-0.1, -0.05) is 31.0 Å². The molecule has 7 heteroatoms. The largest absolute Gasteiger partial charge is 0.483 e. The molecule has 4 rings (SSSR count). The second kappa shape index (κ2) is 9.85. The van der Waals surface area contributed by atoms with Gasteiger partial charge in [-0.25, -0.2) is 4.98 Å². The summed E-state index contributed by atoms with van der Waals surface area (Å²) < 4.78 is 7.65. The van der Waals surface area contributed by atoms with E-state index < -0.39 is 0 Å².